The highest BCUT2D eigenvalue weighted by molar-refractivity contribution is 5.70. The summed E-state index contributed by atoms with van der Waals surface area (Å²) in [6.07, 6.45) is 18.7. The topological polar surface area (TPSA) is 171 Å². The number of aliphatic carboxylic acids is 1. The number of aryl methyl sites for hydroxylation is 1. The van der Waals surface area contributed by atoms with E-state index in [1.165, 1.54) is 19.3 Å². The molecule has 0 radical (unpaired) electrons. The van der Waals surface area contributed by atoms with Crippen LogP contribution < -0.4 is 10.7 Å². The summed E-state index contributed by atoms with van der Waals surface area (Å²) in [6.45, 7) is 4.32. The van der Waals surface area contributed by atoms with Gasteiger partial charge in [-0.15, -0.1) is 0 Å². The van der Waals surface area contributed by atoms with Gasteiger partial charge >= 0.3 is 5.97 Å². The van der Waals surface area contributed by atoms with Gasteiger partial charge in [-0.05, 0) is 112 Å². The van der Waals surface area contributed by atoms with Crippen LogP contribution in [0.3, 0.4) is 0 Å². The molecule has 280 valence electrons. The van der Waals surface area contributed by atoms with Crippen LogP contribution in [0.4, 0.5) is 5.82 Å². The maximum absolute atomic E-state index is 12.3. The Labute approximate surface area is 299 Å². The molecule has 8 atom stereocenters. The van der Waals surface area contributed by atoms with E-state index in [0.29, 0.717) is 50.3 Å². The van der Waals surface area contributed by atoms with Gasteiger partial charge < -0.3 is 36.3 Å². The van der Waals surface area contributed by atoms with Gasteiger partial charge in [0.05, 0.1) is 23.7 Å². The van der Waals surface area contributed by atoms with Crippen LogP contribution in [-0.2, 0) is 30.5 Å². The van der Waals surface area contributed by atoms with Crippen LogP contribution in [-0.4, -0.2) is 60.9 Å². The van der Waals surface area contributed by atoms with Gasteiger partial charge in [-0.2, -0.15) is 11.4 Å². The summed E-state index contributed by atoms with van der Waals surface area (Å²) in [7, 11) is 0. The van der Waals surface area contributed by atoms with E-state index in [2.05, 4.69) is 37.0 Å². The van der Waals surface area contributed by atoms with Gasteiger partial charge in [0.1, 0.15) is 5.82 Å². The van der Waals surface area contributed by atoms with Crippen LogP contribution >= 0.6 is 0 Å². The van der Waals surface area contributed by atoms with Crippen molar-refractivity contribution in [3.63, 3.8) is 0 Å². The number of aliphatic hydroxyl groups excluding tert-OH is 3. The van der Waals surface area contributed by atoms with E-state index in [9.17, 15) is 30.3 Å². The molecule has 0 aliphatic heterocycles. The maximum Gasteiger partial charge on any atom is 0.309 e. The highest BCUT2D eigenvalue weighted by Gasteiger charge is 2.45. The Hall–Kier alpha value is -2.72. The number of unbranched alkanes of at least 4 members (excludes halogenated alkanes) is 4. The molecule has 0 amide bonds. The predicted octanol–water partition coefficient (Wildman–Crippen LogP) is 6.19. The second kappa shape index (κ2) is 19.8. The molecule has 2 aromatic heterocycles. The van der Waals surface area contributed by atoms with Crippen LogP contribution in [0.2, 0.25) is 0 Å². The molecule has 0 spiro atoms. The lowest BCUT2D eigenvalue weighted by molar-refractivity contribution is -0.146. The van der Waals surface area contributed by atoms with E-state index < -0.39 is 23.6 Å². The van der Waals surface area contributed by atoms with E-state index in [4.69, 9.17) is 10.7 Å². The Bertz CT molecular complexity index is 1350. The molecule has 0 saturated heterocycles. The van der Waals surface area contributed by atoms with E-state index in [1.54, 1.807) is 6.20 Å². The second-order valence-corrected chi connectivity index (χ2v) is 15.4. The SMILES string of the molecule is CCCCCC1C=CC(CCCCCC(C(=O)O)C(O)CCC2(O)CC(Cc3ccnc(N)c3)CC2Cc2cc(CC)c(CCO)[n-]2)C(O)C1. The number of rotatable bonds is 22. The van der Waals surface area contributed by atoms with Gasteiger partial charge in [0.2, 0.25) is 0 Å². The average molecular weight is 695 g/mol. The number of carboxylic acids is 1. The predicted molar refractivity (Wildman–Crippen MR) is 197 cm³/mol. The van der Waals surface area contributed by atoms with Crippen molar-refractivity contribution < 1.29 is 30.3 Å². The smallest absolute Gasteiger partial charge is 0.309 e. The number of carbonyl (C=O) groups is 1. The van der Waals surface area contributed by atoms with Crippen molar-refractivity contribution in [2.75, 3.05) is 12.3 Å². The van der Waals surface area contributed by atoms with Crippen molar-refractivity contribution >= 4 is 11.8 Å². The molecule has 2 aliphatic carbocycles. The Morgan fingerprint density at radius 1 is 1.06 bits per heavy atom. The fraction of sp³-hybridized carbons (Fsp3) is 0.707. The van der Waals surface area contributed by atoms with Crippen LogP contribution in [0.1, 0.15) is 126 Å². The zero-order chi connectivity index (χ0) is 36.1. The Morgan fingerprint density at radius 2 is 1.86 bits per heavy atom. The largest absolute Gasteiger partial charge is 0.664 e. The molecule has 0 aromatic carbocycles. The van der Waals surface area contributed by atoms with Crippen molar-refractivity contribution in [2.45, 2.75) is 147 Å². The number of anilines is 1. The number of nitrogen functional groups attached to an aromatic ring is 1. The van der Waals surface area contributed by atoms with E-state index in [-0.39, 0.29) is 36.9 Å². The Balaban J connectivity index is 1.32. The fourth-order valence-corrected chi connectivity index (χ4v) is 8.76. The lowest BCUT2D eigenvalue weighted by Gasteiger charge is -2.33. The normalized spacial score (nSPS) is 26.3. The highest BCUT2D eigenvalue weighted by atomic mass is 16.4. The van der Waals surface area contributed by atoms with Crippen molar-refractivity contribution in [2.24, 2.45) is 29.6 Å². The molecule has 9 nitrogen and oxygen atoms in total. The Morgan fingerprint density at radius 3 is 2.56 bits per heavy atom. The molecule has 50 heavy (non-hydrogen) atoms. The maximum atomic E-state index is 12.3. The van der Waals surface area contributed by atoms with Crippen LogP contribution in [0.25, 0.3) is 0 Å². The standard InChI is InChI=1S/C41H64N3O6/c1-3-5-7-10-28-13-14-32(38(47)23-28)11-8-6-9-12-35(40(48)49)37(46)15-18-41(50)27-30(21-29-16-19-43-39(42)24-29)22-33(41)26-34-25-31(4-2)36(44-34)17-20-45/h13-14,16,19,24-25,28,30,32-33,35,37-38,45-47,50H,3-12,15,17-18,20-23,26-27H2,1-2H3,(H2,42,43)(H,48,49)/q-1. The van der Waals surface area contributed by atoms with Crippen molar-refractivity contribution in [3.05, 3.63) is 59.1 Å². The number of aromatic nitrogens is 2. The molecule has 0 bridgehead atoms. The minimum atomic E-state index is -1.07. The summed E-state index contributed by atoms with van der Waals surface area (Å²) in [5.41, 5.74) is 8.89. The van der Waals surface area contributed by atoms with E-state index in [1.807, 2.05) is 12.1 Å². The van der Waals surface area contributed by atoms with Crippen molar-refractivity contribution in [3.8, 4) is 0 Å². The van der Waals surface area contributed by atoms with E-state index >= 15 is 0 Å². The van der Waals surface area contributed by atoms with Gasteiger partial charge in [-0.25, -0.2) is 4.98 Å². The van der Waals surface area contributed by atoms with Crippen molar-refractivity contribution in [1.82, 2.24) is 9.97 Å². The molecule has 2 aliphatic rings. The van der Waals surface area contributed by atoms with Gasteiger partial charge in [0, 0.05) is 18.7 Å². The summed E-state index contributed by atoms with van der Waals surface area (Å²) >= 11 is 0. The first kappa shape index (κ1) is 40.1. The Kier molecular flexibility index (Phi) is 15.8. The summed E-state index contributed by atoms with van der Waals surface area (Å²) in [6, 6.07) is 5.92. The molecular weight excluding hydrogens is 630 g/mol. The molecule has 1 saturated carbocycles. The molecule has 2 aromatic rings. The first-order valence-electron chi connectivity index (χ1n) is 19.5. The van der Waals surface area contributed by atoms with Crippen LogP contribution in [0.5, 0.6) is 0 Å². The highest BCUT2D eigenvalue weighted by Crippen LogP contribution is 2.46. The summed E-state index contributed by atoms with van der Waals surface area (Å²) in [4.78, 5) is 21.2. The number of hydrogen-bond donors (Lipinski definition) is 6. The summed E-state index contributed by atoms with van der Waals surface area (Å²) < 4.78 is 0. The monoisotopic (exact) mass is 694 g/mol. The first-order valence-corrected chi connectivity index (χ1v) is 19.5. The van der Waals surface area contributed by atoms with Crippen LogP contribution in [0.15, 0.2) is 36.5 Å². The zero-order valence-electron chi connectivity index (χ0n) is 30.6. The third-order valence-corrected chi connectivity index (χ3v) is 11.6. The second-order valence-electron chi connectivity index (χ2n) is 15.4. The third-order valence-electron chi connectivity index (χ3n) is 11.6. The molecule has 1 fully saturated rings. The first-order chi connectivity index (χ1) is 24.0. The fourth-order valence-electron chi connectivity index (χ4n) is 8.76. The number of nitrogens with two attached hydrogens (primary N) is 1. The minimum absolute atomic E-state index is 0.0389. The van der Waals surface area contributed by atoms with Gasteiger partial charge in [0.15, 0.2) is 0 Å². The van der Waals surface area contributed by atoms with Gasteiger partial charge in [-0.1, -0.05) is 76.2 Å². The molecule has 8 unspecified atom stereocenters. The third kappa shape index (κ3) is 11.7. The number of nitrogens with zero attached hydrogens (tertiary/aromatic N) is 2. The summed E-state index contributed by atoms with van der Waals surface area (Å²) in [5, 5.41) is 53.7. The lowest BCUT2D eigenvalue weighted by atomic mass is 9.80. The lowest BCUT2D eigenvalue weighted by Crippen LogP contribution is -2.37. The average Bonchev–Trinajstić information content (AvgIpc) is 3.61. The minimum Gasteiger partial charge on any atom is -0.664 e. The van der Waals surface area contributed by atoms with Crippen molar-refractivity contribution in [1.29, 1.82) is 0 Å². The molecule has 2 heterocycles. The zero-order valence-corrected chi connectivity index (χ0v) is 30.6. The quantitative estimate of drug-likeness (QED) is 0.0622. The molecule has 7 N–H and O–H groups in total. The number of hydrogen-bond acceptors (Lipinski definition) is 7. The number of pyridine rings is 1. The number of carboxylic acid groups (broad SMARTS) is 1. The van der Waals surface area contributed by atoms with E-state index in [0.717, 1.165) is 73.9 Å². The molecule has 9 heteroatoms. The van der Waals surface area contributed by atoms with Crippen LogP contribution in [0, 0.1) is 29.6 Å². The van der Waals surface area contributed by atoms with Gasteiger partial charge in [-0.3, -0.25) is 4.79 Å². The van der Waals surface area contributed by atoms with Gasteiger partial charge in [0.25, 0.3) is 0 Å². The molecular formula is C41H64N3O6-. The number of allylic oxidation sites excluding steroid dienone is 1. The molecule has 4 rings (SSSR count). The summed E-state index contributed by atoms with van der Waals surface area (Å²) in [5.74, 6) is -0.681. The number of aliphatic hydroxyl groups is 4.